The quantitative estimate of drug-likeness (QED) is 0.836. The van der Waals surface area contributed by atoms with Gasteiger partial charge in [0.25, 0.3) is 5.91 Å². The van der Waals surface area contributed by atoms with Crippen molar-refractivity contribution in [1.29, 1.82) is 0 Å². The Morgan fingerprint density at radius 1 is 1.14 bits per heavy atom. The second-order valence-electron chi connectivity index (χ2n) is 7.52. The highest BCUT2D eigenvalue weighted by molar-refractivity contribution is 5.92. The Bertz CT molecular complexity index is 887. The van der Waals surface area contributed by atoms with Gasteiger partial charge in [-0.15, -0.1) is 0 Å². The molecule has 2 aromatic rings. The van der Waals surface area contributed by atoms with Crippen LogP contribution in [0.15, 0.2) is 30.5 Å². The number of amides is 2. The van der Waals surface area contributed by atoms with Gasteiger partial charge in [0.15, 0.2) is 11.5 Å². The van der Waals surface area contributed by atoms with Crippen LogP contribution in [0, 0.1) is 5.92 Å². The van der Waals surface area contributed by atoms with E-state index >= 15 is 0 Å². The molecular formula is C21H26N4O4. The predicted octanol–water partition coefficient (Wildman–Crippen LogP) is 2.46. The lowest BCUT2D eigenvalue weighted by Gasteiger charge is -2.32. The topological polar surface area (TPSA) is 85.7 Å². The Balaban J connectivity index is 1.22. The van der Waals surface area contributed by atoms with Crippen molar-refractivity contribution in [2.45, 2.75) is 25.7 Å². The fraction of sp³-hybridized carbons (Fsp3) is 0.476. The maximum Gasteiger partial charge on any atom is 0.272 e. The van der Waals surface area contributed by atoms with Gasteiger partial charge in [-0.3, -0.25) is 14.3 Å². The Hall–Kier alpha value is -3.03. The van der Waals surface area contributed by atoms with Gasteiger partial charge in [0.05, 0.1) is 0 Å². The van der Waals surface area contributed by atoms with Crippen molar-refractivity contribution < 1.29 is 19.1 Å². The molecule has 0 saturated carbocycles. The molecule has 0 atom stereocenters. The summed E-state index contributed by atoms with van der Waals surface area (Å²) in [5, 5.41) is 7.00. The van der Waals surface area contributed by atoms with E-state index in [1.54, 1.807) is 30.1 Å². The van der Waals surface area contributed by atoms with Gasteiger partial charge in [0.1, 0.15) is 18.9 Å². The fourth-order valence-corrected chi connectivity index (χ4v) is 3.85. The normalized spacial score (nSPS) is 16.5. The molecule has 3 heterocycles. The maximum atomic E-state index is 12.5. The Morgan fingerprint density at radius 3 is 2.62 bits per heavy atom. The van der Waals surface area contributed by atoms with E-state index < -0.39 is 0 Å². The first-order valence-corrected chi connectivity index (χ1v) is 10.1. The number of hydrogen-bond donors (Lipinski definition) is 1. The molecule has 1 aromatic heterocycles. The number of rotatable bonds is 5. The lowest BCUT2D eigenvalue weighted by Crippen LogP contribution is -2.39. The second-order valence-corrected chi connectivity index (χ2v) is 7.52. The number of ether oxygens (including phenoxy) is 2. The number of nitrogens with zero attached hydrogens (tertiary/aromatic N) is 3. The molecule has 2 aliphatic heterocycles. The number of hydrogen-bond acceptors (Lipinski definition) is 5. The van der Waals surface area contributed by atoms with Gasteiger partial charge < -0.3 is 19.7 Å². The van der Waals surface area contributed by atoms with Crippen molar-refractivity contribution in [2.75, 3.05) is 31.6 Å². The van der Waals surface area contributed by atoms with Crippen LogP contribution in [-0.4, -0.2) is 52.8 Å². The average molecular weight is 398 g/mol. The van der Waals surface area contributed by atoms with E-state index in [9.17, 15) is 9.59 Å². The van der Waals surface area contributed by atoms with Crippen LogP contribution in [0.3, 0.4) is 0 Å². The van der Waals surface area contributed by atoms with Crippen molar-refractivity contribution >= 4 is 17.5 Å². The summed E-state index contributed by atoms with van der Waals surface area (Å²) in [6.07, 6.45) is 4.76. The summed E-state index contributed by atoms with van der Waals surface area (Å²) in [6, 6.07) is 7.19. The summed E-state index contributed by atoms with van der Waals surface area (Å²) in [6.45, 7) is 2.51. The standard InChI is InChI=1S/C21H26N4O4/c1-24-17(6-9-22-24)21(27)25-10-7-15(8-11-25)2-5-20(26)23-16-3-4-18-19(14-16)29-13-12-28-18/h3-4,6,9,14-15H,2,5,7-8,10-13H2,1H3,(H,23,26). The Labute approximate surface area is 169 Å². The van der Waals surface area contributed by atoms with E-state index in [0.717, 1.165) is 38.0 Å². The number of carbonyl (C=O) groups excluding carboxylic acids is 2. The molecule has 0 unspecified atom stereocenters. The molecule has 1 N–H and O–H groups in total. The second kappa shape index (κ2) is 8.55. The number of carbonyl (C=O) groups is 2. The fourth-order valence-electron chi connectivity index (χ4n) is 3.85. The van der Waals surface area contributed by atoms with Crippen molar-refractivity contribution in [3.8, 4) is 11.5 Å². The first-order valence-electron chi connectivity index (χ1n) is 10.1. The number of aromatic nitrogens is 2. The highest BCUT2D eigenvalue weighted by Crippen LogP contribution is 2.32. The summed E-state index contributed by atoms with van der Waals surface area (Å²) in [4.78, 5) is 26.8. The van der Waals surface area contributed by atoms with Gasteiger partial charge in [0, 0.05) is 44.5 Å². The summed E-state index contributed by atoms with van der Waals surface area (Å²) in [5.74, 6) is 1.85. The molecule has 4 rings (SSSR count). The van der Waals surface area contributed by atoms with Crippen molar-refractivity contribution in [3.05, 3.63) is 36.2 Å². The molecule has 1 aromatic carbocycles. The van der Waals surface area contributed by atoms with Gasteiger partial charge in [0.2, 0.25) is 5.91 Å². The van der Waals surface area contributed by atoms with E-state index in [4.69, 9.17) is 9.47 Å². The number of piperidine rings is 1. The van der Waals surface area contributed by atoms with Crippen molar-refractivity contribution in [1.82, 2.24) is 14.7 Å². The molecule has 1 saturated heterocycles. The number of anilines is 1. The molecule has 0 spiro atoms. The first-order chi connectivity index (χ1) is 14.1. The van der Waals surface area contributed by atoms with E-state index in [1.165, 1.54) is 0 Å². The summed E-state index contributed by atoms with van der Waals surface area (Å²) in [5.41, 5.74) is 1.33. The number of nitrogens with one attached hydrogen (secondary N) is 1. The van der Waals surface area contributed by atoms with Crippen LogP contribution in [0.5, 0.6) is 11.5 Å². The summed E-state index contributed by atoms with van der Waals surface area (Å²) < 4.78 is 12.7. The van der Waals surface area contributed by atoms with Gasteiger partial charge >= 0.3 is 0 Å². The number of benzene rings is 1. The number of fused-ring (bicyclic) bond motifs is 1. The molecule has 0 aliphatic carbocycles. The van der Waals surface area contributed by atoms with Crippen molar-refractivity contribution in [3.63, 3.8) is 0 Å². The van der Waals surface area contributed by atoms with Crippen LogP contribution >= 0.6 is 0 Å². The predicted molar refractivity (Wildman–Crippen MR) is 107 cm³/mol. The first kappa shape index (κ1) is 19.3. The van der Waals surface area contributed by atoms with Crippen LogP contribution in [0.4, 0.5) is 5.69 Å². The lowest BCUT2D eigenvalue weighted by molar-refractivity contribution is -0.116. The minimum Gasteiger partial charge on any atom is -0.486 e. The molecule has 8 nitrogen and oxygen atoms in total. The van der Waals surface area contributed by atoms with Crippen LogP contribution in [0.2, 0.25) is 0 Å². The minimum absolute atomic E-state index is 0.00457. The molecule has 29 heavy (non-hydrogen) atoms. The monoisotopic (exact) mass is 398 g/mol. The third-order valence-electron chi connectivity index (χ3n) is 5.55. The Morgan fingerprint density at radius 2 is 1.90 bits per heavy atom. The third-order valence-corrected chi connectivity index (χ3v) is 5.55. The highest BCUT2D eigenvalue weighted by atomic mass is 16.6. The molecule has 0 bridgehead atoms. The minimum atomic E-state index is -0.00457. The summed E-state index contributed by atoms with van der Waals surface area (Å²) >= 11 is 0. The Kier molecular flexibility index (Phi) is 5.69. The zero-order valence-corrected chi connectivity index (χ0v) is 16.6. The van der Waals surface area contributed by atoms with Gasteiger partial charge in [-0.05, 0) is 43.4 Å². The van der Waals surface area contributed by atoms with Gasteiger partial charge in [-0.25, -0.2) is 0 Å². The van der Waals surface area contributed by atoms with Crippen LogP contribution < -0.4 is 14.8 Å². The molecule has 2 amide bonds. The lowest BCUT2D eigenvalue weighted by atomic mass is 9.92. The molecular weight excluding hydrogens is 372 g/mol. The van der Waals surface area contributed by atoms with Crippen LogP contribution in [0.25, 0.3) is 0 Å². The SMILES string of the molecule is Cn1nccc1C(=O)N1CCC(CCC(=O)Nc2ccc3c(c2)OCCO3)CC1. The third kappa shape index (κ3) is 4.52. The molecule has 1 fully saturated rings. The molecule has 2 aliphatic rings. The van der Waals surface area contributed by atoms with Crippen molar-refractivity contribution in [2.24, 2.45) is 13.0 Å². The van der Waals surface area contributed by atoms with E-state index in [1.807, 2.05) is 17.0 Å². The number of aryl methyl sites for hydroxylation is 1. The van der Waals surface area contributed by atoms with E-state index in [2.05, 4.69) is 10.4 Å². The van der Waals surface area contributed by atoms with Gasteiger partial charge in [-0.2, -0.15) is 5.10 Å². The molecule has 0 radical (unpaired) electrons. The smallest absolute Gasteiger partial charge is 0.272 e. The van der Waals surface area contributed by atoms with Gasteiger partial charge in [-0.1, -0.05) is 0 Å². The number of likely N-dealkylation sites (tertiary alicyclic amines) is 1. The zero-order valence-electron chi connectivity index (χ0n) is 16.6. The van der Waals surface area contributed by atoms with Crippen LogP contribution in [-0.2, 0) is 11.8 Å². The van der Waals surface area contributed by atoms with E-state index in [-0.39, 0.29) is 11.8 Å². The highest BCUT2D eigenvalue weighted by Gasteiger charge is 2.25. The zero-order chi connectivity index (χ0) is 20.2. The maximum absolute atomic E-state index is 12.5. The average Bonchev–Trinajstić information content (AvgIpc) is 3.18. The summed E-state index contributed by atoms with van der Waals surface area (Å²) in [7, 11) is 1.78. The van der Waals surface area contributed by atoms with E-state index in [0.29, 0.717) is 42.7 Å². The molecule has 154 valence electrons. The van der Waals surface area contributed by atoms with Crippen LogP contribution in [0.1, 0.15) is 36.2 Å². The largest absolute Gasteiger partial charge is 0.486 e. The molecule has 8 heteroatoms.